The van der Waals surface area contributed by atoms with Gasteiger partial charge in [-0.2, -0.15) is 0 Å². The fraction of sp³-hybridized carbons (Fsp3) is 0.304. The molecule has 0 unspecified atom stereocenters. The van der Waals surface area contributed by atoms with E-state index in [9.17, 15) is 8.42 Å². The zero-order chi connectivity index (χ0) is 27.0. The quantitative estimate of drug-likeness (QED) is 0.298. The predicted molar refractivity (Wildman–Crippen MR) is 137 cm³/mol. The Kier molecular flexibility index (Phi) is 7.24. The van der Waals surface area contributed by atoms with E-state index >= 15 is 4.39 Å². The summed E-state index contributed by atoms with van der Waals surface area (Å²) in [6.07, 6.45) is 2.68. The molecule has 0 aliphatic heterocycles. The van der Waals surface area contributed by atoms with Crippen LogP contribution in [0, 0.1) is 6.92 Å². The van der Waals surface area contributed by atoms with Gasteiger partial charge in [-0.3, -0.25) is 9.29 Å². The number of aromatic nitrogens is 5. The molecule has 0 saturated heterocycles. The van der Waals surface area contributed by atoms with Crippen molar-refractivity contribution >= 4 is 31.9 Å². The van der Waals surface area contributed by atoms with Crippen LogP contribution in [0.5, 0.6) is 11.5 Å². The number of rotatable bonds is 9. The molecule has 0 radical (unpaired) electrons. The third-order valence-electron chi connectivity index (χ3n) is 5.77. The Balaban J connectivity index is 1.84. The minimum absolute atomic E-state index is 0.167. The number of furan rings is 1. The molecular formula is C23H24BrFN6O5S. The molecule has 4 rings (SSSR count). The van der Waals surface area contributed by atoms with Crippen molar-refractivity contribution in [2.45, 2.75) is 31.7 Å². The van der Waals surface area contributed by atoms with Gasteiger partial charge in [-0.15, -0.1) is 10.2 Å². The molecule has 4 aromatic rings. The van der Waals surface area contributed by atoms with Crippen LogP contribution in [0.2, 0.25) is 0 Å². The standard InChI is InChI=1S/C23H24BrFN6O5S/c1-13-9-10-18(36-13)20-28-29-22(31(20)19-16(34-4)7-6-8-17(19)35-5)30-37(32,33)14(2)23(3,25)21-26-11-15(24)12-27-21/h6-12,14H,1-5H3,(H,29,30)/t14-,23+/m1/s1. The summed E-state index contributed by atoms with van der Waals surface area (Å²) < 4.78 is 63.8. The van der Waals surface area contributed by atoms with E-state index in [1.165, 1.54) is 38.1 Å². The van der Waals surface area contributed by atoms with Crippen molar-refractivity contribution in [2.24, 2.45) is 0 Å². The molecule has 1 aromatic carbocycles. The lowest BCUT2D eigenvalue weighted by molar-refractivity contribution is 0.175. The lowest BCUT2D eigenvalue weighted by Crippen LogP contribution is -2.41. The Morgan fingerprint density at radius 2 is 1.73 bits per heavy atom. The van der Waals surface area contributed by atoms with Gasteiger partial charge in [0.2, 0.25) is 21.8 Å². The third-order valence-corrected chi connectivity index (χ3v) is 8.02. The van der Waals surface area contributed by atoms with E-state index in [-0.39, 0.29) is 17.6 Å². The van der Waals surface area contributed by atoms with Crippen molar-refractivity contribution in [1.82, 2.24) is 24.7 Å². The molecule has 3 heterocycles. The minimum Gasteiger partial charge on any atom is -0.494 e. The average molecular weight is 595 g/mol. The second-order valence-corrected chi connectivity index (χ2v) is 11.1. The first kappa shape index (κ1) is 26.5. The summed E-state index contributed by atoms with van der Waals surface area (Å²) in [6, 6.07) is 8.44. The van der Waals surface area contributed by atoms with E-state index in [1.54, 1.807) is 37.3 Å². The summed E-state index contributed by atoms with van der Waals surface area (Å²) in [5, 5.41) is 6.59. The molecule has 14 heteroatoms. The SMILES string of the molecule is COc1cccc(OC)c1-n1c(NS(=O)(=O)[C@H](C)[C@](C)(F)c2ncc(Br)cn2)nnc1-c1ccc(C)o1. The van der Waals surface area contributed by atoms with Gasteiger partial charge in [-0.25, -0.2) is 22.8 Å². The largest absolute Gasteiger partial charge is 0.494 e. The van der Waals surface area contributed by atoms with E-state index in [2.05, 4.69) is 40.8 Å². The molecule has 37 heavy (non-hydrogen) atoms. The maximum Gasteiger partial charge on any atom is 0.243 e. The van der Waals surface area contributed by atoms with Crippen LogP contribution in [0.25, 0.3) is 17.3 Å². The summed E-state index contributed by atoms with van der Waals surface area (Å²) in [5.74, 6) is 1.26. The first-order valence-electron chi connectivity index (χ1n) is 10.9. The Morgan fingerprint density at radius 3 is 2.27 bits per heavy atom. The van der Waals surface area contributed by atoms with Crippen LogP contribution in [-0.4, -0.2) is 52.6 Å². The lowest BCUT2D eigenvalue weighted by atomic mass is 10.0. The first-order valence-corrected chi connectivity index (χ1v) is 13.3. The molecular weight excluding hydrogens is 571 g/mol. The number of aryl methyl sites for hydroxylation is 1. The number of ether oxygens (including phenoxy) is 2. The fourth-order valence-corrected chi connectivity index (χ4v) is 5.04. The number of anilines is 1. The van der Waals surface area contributed by atoms with E-state index in [1.807, 2.05) is 0 Å². The number of nitrogens with one attached hydrogen (secondary N) is 1. The molecule has 1 N–H and O–H groups in total. The van der Waals surface area contributed by atoms with Gasteiger partial charge in [-0.1, -0.05) is 6.07 Å². The molecule has 0 spiro atoms. The number of para-hydroxylation sites is 1. The van der Waals surface area contributed by atoms with Crippen molar-refractivity contribution in [3.8, 4) is 28.8 Å². The number of sulfonamides is 1. The predicted octanol–water partition coefficient (Wildman–Crippen LogP) is 4.42. The summed E-state index contributed by atoms with van der Waals surface area (Å²) in [4.78, 5) is 7.89. The van der Waals surface area contributed by atoms with Crippen LogP contribution >= 0.6 is 15.9 Å². The van der Waals surface area contributed by atoms with Crippen LogP contribution < -0.4 is 14.2 Å². The third kappa shape index (κ3) is 5.03. The van der Waals surface area contributed by atoms with Gasteiger partial charge in [-0.05, 0) is 61.0 Å². The Morgan fingerprint density at radius 1 is 1.11 bits per heavy atom. The second-order valence-electron chi connectivity index (χ2n) is 8.19. The number of nitrogens with zero attached hydrogens (tertiary/aromatic N) is 5. The highest BCUT2D eigenvalue weighted by molar-refractivity contribution is 9.10. The highest BCUT2D eigenvalue weighted by Crippen LogP contribution is 2.39. The van der Waals surface area contributed by atoms with Gasteiger partial charge < -0.3 is 13.9 Å². The van der Waals surface area contributed by atoms with Gasteiger partial charge in [0.25, 0.3) is 0 Å². The van der Waals surface area contributed by atoms with Gasteiger partial charge in [0.1, 0.15) is 28.2 Å². The highest BCUT2D eigenvalue weighted by atomic mass is 79.9. The normalized spacial score (nSPS) is 14.1. The summed E-state index contributed by atoms with van der Waals surface area (Å²) in [7, 11) is -1.50. The van der Waals surface area contributed by atoms with Gasteiger partial charge in [0, 0.05) is 12.4 Å². The highest BCUT2D eigenvalue weighted by Gasteiger charge is 2.45. The van der Waals surface area contributed by atoms with Gasteiger partial charge in [0.15, 0.2) is 17.3 Å². The number of halogens is 2. The number of alkyl halides is 1. The molecule has 0 fully saturated rings. The van der Waals surface area contributed by atoms with E-state index in [4.69, 9.17) is 13.9 Å². The minimum atomic E-state index is -4.41. The number of hydrogen-bond donors (Lipinski definition) is 1. The summed E-state index contributed by atoms with van der Waals surface area (Å²) in [5.41, 5.74) is -2.13. The second kappa shape index (κ2) is 10.1. The van der Waals surface area contributed by atoms with Gasteiger partial charge >= 0.3 is 0 Å². The number of methoxy groups -OCH3 is 2. The maximum absolute atomic E-state index is 15.8. The molecule has 0 aliphatic carbocycles. The molecule has 0 amide bonds. The Bertz CT molecular complexity index is 1500. The lowest BCUT2D eigenvalue weighted by Gasteiger charge is -2.26. The molecule has 0 aliphatic rings. The van der Waals surface area contributed by atoms with Crippen LogP contribution in [0.3, 0.4) is 0 Å². The molecule has 2 atom stereocenters. The van der Waals surface area contributed by atoms with Crippen molar-refractivity contribution in [3.63, 3.8) is 0 Å². The number of hydrogen-bond acceptors (Lipinski definition) is 9. The van der Waals surface area contributed by atoms with E-state index in [0.717, 1.165) is 6.92 Å². The van der Waals surface area contributed by atoms with Crippen molar-refractivity contribution in [3.05, 3.63) is 58.8 Å². The Hall–Kier alpha value is -3.52. The summed E-state index contributed by atoms with van der Waals surface area (Å²) in [6.45, 7) is 4.07. The smallest absolute Gasteiger partial charge is 0.243 e. The topological polar surface area (TPSA) is 134 Å². The summed E-state index contributed by atoms with van der Waals surface area (Å²) >= 11 is 3.19. The number of benzene rings is 1. The van der Waals surface area contributed by atoms with Crippen molar-refractivity contribution in [1.29, 1.82) is 0 Å². The van der Waals surface area contributed by atoms with Crippen molar-refractivity contribution < 1.29 is 26.7 Å². The van der Waals surface area contributed by atoms with Crippen LogP contribution in [0.1, 0.15) is 25.4 Å². The van der Waals surface area contributed by atoms with E-state index in [0.29, 0.717) is 33.2 Å². The molecule has 196 valence electrons. The monoisotopic (exact) mass is 594 g/mol. The van der Waals surface area contributed by atoms with Gasteiger partial charge in [0.05, 0.1) is 18.7 Å². The Labute approximate surface area is 221 Å². The fourth-order valence-electron chi connectivity index (χ4n) is 3.58. The van der Waals surface area contributed by atoms with Crippen molar-refractivity contribution in [2.75, 3.05) is 18.9 Å². The molecule has 3 aromatic heterocycles. The van der Waals surface area contributed by atoms with E-state index < -0.39 is 20.9 Å². The van der Waals surface area contributed by atoms with Crippen LogP contribution in [-0.2, 0) is 15.7 Å². The zero-order valence-electron chi connectivity index (χ0n) is 20.6. The van der Waals surface area contributed by atoms with Crippen LogP contribution in [0.15, 0.2) is 51.6 Å². The molecule has 11 nitrogen and oxygen atoms in total. The molecule has 0 bridgehead atoms. The van der Waals surface area contributed by atoms with Crippen LogP contribution in [0.4, 0.5) is 10.3 Å². The average Bonchev–Trinajstić information content (AvgIpc) is 3.48. The molecule has 0 saturated carbocycles. The maximum atomic E-state index is 15.8. The zero-order valence-corrected chi connectivity index (χ0v) is 23.0. The first-order chi connectivity index (χ1) is 17.5.